The highest BCUT2D eigenvalue weighted by Crippen LogP contribution is 2.25. The molecule has 1 atom stereocenters. The average Bonchev–Trinajstić information content (AvgIpc) is 3.17. The maximum Gasteiger partial charge on any atom is 0.313 e. The molecular weight excluding hydrogens is 386 g/mol. The van der Waals surface area contributed by atoms with Crippen molar-refractivity contribution in [1.29, 1.82) is 0 Å². The number of thiocarbonyl (C=S) groups is 1. The number of aliphatic carboxylic acids is 1. The SMILES string of the molecule is COc1ccc(/C(C)=N\NC(=S)NC[C@@H]2CCCO2)cc1CSCC(=O)O. The number of carboxylic acids is 1. The molecule has 7 nitrogen and oxygen atoms in total. The predicted molar refractivity (Wildman–Crippen MR) is 112 cm³/mol. The first-order valence-electron chi connectivity index (χ1n) is 8.66. The van der Waals surface area contributed by atoms with E-state index in [-0.39, 0.29) is 11.9 Å². The van der Waals surface area contributed by atoms with Crippen molar-refractivity contribution in [2.24, 2.45) is 5.10 Å². The first-order valence-corrected chi connectivity index (χ1v) is 10.2. The molecule has 0 bridgehead atoms. The molecule has 1 aliphatic rings. The molecule has 148 valence electrons. The van der Waals surface area contributed by atoms with Crippen LogP contribution in [0.3, 0.4) is 0 Å². The number of thioether (sulfide) groups is 1. The highest BCUT2D eigenvalue weighted by molar-refractivity contribution is 7.99. The lowest BCUT2D eigenvalue weighted by molar-refractivity contribution is -0.133. The highest BCUT2D eigenvalue weighted by atomic mass is 32.2. The number of carbonyl (C=O) groups is 1. The van der Waals surface area contributed by atoms with Crippen molar-refractivity contribution in [1.82, 2.24) is 10.7 Å². The van der Waals surface area contributed by atoms with Crippen LogP contribution in [0.15, 0.2) is 23.3 Å². The molecule has 0 aliphatic carbocycles. The van der Waals surface area contributed by atoms with Crippen molar-refractivity contribution in [2.75, 3.05) is 26.0 Å². The number of methoxy groups -OCH3 is 1. The van der Waals surface area contributed by atoms with Gasteiger partial charge >= 0.3 is 5.97 Å². The van der Waals surface area contributed by atoms with E-state index in [0.717, 1.165) is 42.0 Å². The first kappa shape index (κ1) is 21.5. The number of hydrogen-bond donors (Lipinski definition) is 3. The fraction of sp³-hybridized carbons (Fsp3) is 0.500. The Morgan fingerprint density at radius 1 is 1.52 bits per heavy atom. The van der Waals surface area contributed by atoms with Gasteiger partial charge in [0.15, 0.2) is 5.11 Å². The molecule has 2 rings (SSSR count). The van der Waals surface area contributed by atoms with Gasteiger partial charge in [-0.15, -0.1) is 11.8 Å². The van der Waals surface area contributed by atoms with E-state index < -0.39 is 5.97 Å². The molecule has 1 heterocycles. The minimum Gasteiger partial charge on any atom is -0.496 e. The molecule has 1 aliphatic heterocycles. The van der Waals surface area contributed by atoms with Crippen molar-refractivity contribution in [2.45, 2.75) is 31.6 Å². The molecule has 0 aromatic heterocycles. The fourth-order valence-electron chi connectivity index (χ4n) is 2.62. The molecule has 0 radical (unpaired) electrons. The number of benzene rings is 1. The van der Waals surface area contributed by atoms with Gasteiger partial charge in [-0.25, -0.2) is 0 Å². The summed E-state index contributed by atoms with van der Waals surface area (Å²) in [7, 11) is 1.60. The van der Waals surface area contributed by atoms with E-state index in [0.29, 0.717) is 17.4 Å². The number of hydrogen-bond acceptors (Lipinski definition) is 6. The molecule has 1 fully saturated rings. The molecule has 0 amide bonds. The lowest BCUT2D eigenvalue weighted by Gasteiger charge is -2.13. The highest BCUT2D eigenvalue weighted by Gasteiger charge is 2.15. The summed E-state index contributed by atoms with van der Waals surface area (Å²) in [6.45, 7) is 3.37. The monoisotopic (exact) mass is 411 g/mol. The van der Waals surface area contributed by atoms with E-state index >= 15 is 0 Å². The minimum absolute atomic E-state index is 0.0483. The van der Waals surface area contributed by atoms with E-state index in [1.807, 2.05) is 25.1 Å². The standard InChI is InChI=1S/C18H25N3O4S2/c1-12(20-21-18(26)19-9-15-4-3-7-25-15)13-5-6-16(24-2)14(8-13)10-27-11-17(22)23/h5-6,8,15H,3-4,7,9-11H2,1-2H3,(H,22,23)(H2,19,21,26)/b20-12-/t15-/m0/s1. The molecule has 3 N–H and O–H groups in total. The van der Waals surface area contributed by atoms with Gasteiger partial charge in [0.1, 0.15) is 5.75 Å². The summed E-state index contributed by atoms with van der Waals surface area (Å²) in [5.41, 5.74) is 5.46. The van der Waals surface area contributed by atoms with E-state index in [4.69, 9.17) is 26.8 Å². The lowest BCUT2D eigenvalue weighted by Crippen LogP contribution is -2.37. The molecule has 27 heavy (non-hydrogen) atoms. The van der Waals surface area contributed by atoms with Gasteiger partial charge in [0, 0.05) is 24.5 Å². The molecule has 1 aromatic rings. The zero-order valence-corrected chi connectivity index (χ0v) is 17.1. The van der Waals surface area contributed by atoms with Crippen molar-refractivity contribution < 1.29 is 19.4 Å². The van der Waals surface area contributed by atoms with Gasteiger partial charge < -0.3 is 19.9 Å². The summed E-state index contributed by atoms with van der Waals surface area (Å²) in [6.07, 6.45) is 2.35. The Labute approximate surface area is 168 Å². The molecule has 9 heteroatoms. The first-order chi connectivity index (χ1) is 13.0. The third-order valence-electron chi connectivity index (χ3n) is 4.02. The largest absolute Gasteiger partial charge is 0.496 e. The summed E-state index contributed by atoms with van der Waals surface area (Å²) in [5.74, 6) is 0.491. The van der Waals surface area contributed by atoms with Crippen LogP contribution in [0.1, 0.15) is 30.9 Å². The average molecular weight is 412 g/mol. The smallest absolute Gasteiger partial charge is 0.313 e. The molecule has 0 spiro atoms. The van der Waals surface area contributed by atoms with Gasteiger partial charge in [-0.2, -0.15) is 5.10 Å². The van der Waals surface area contributed by atoms with Gasteiger partial charge in [-0.05, 0) is 55.7 Å². The van der Waals surface area contributed by atoms with E-state index in [1.165, 1.54) is 11.8 Å². The molecule has 1 aromatic carbocycles. The van der Waals surface area contributed by atoms with Crippen molar-refractivity contribution in [3.8, 4) is 5.75 Å². The van der Waals surface area contributed by atoms with Crippen LogP contribution in [-0.4, -0.2) is 54.0 Å². The van der Waals surface area contributed by atoms with E-state index in [1.54, 1.807) is 7.11 Å². The Kier molecular flexibility index (Phi) is 8.83. The number of rotatable bonds is 9. The Bertz CT molecular complexity index is 691. The second-order valence-corrected chi connectivity index (χ2v) is 7.46. The predicted octanol–water partition coefficient (Wildman–Crippen LogP) is 2.38. The number of nitrogens with one attached hydrogen (secondary N) is 2. The van der Waals surface area contributed by atoms with Crippen LogP contribution in [0, 0.1) is 0 Å². The second-order valence-electron chi connectivity index (χ2n) is 6.07. The minimum atomic E-state index is -0.832. The molecule has 1 saturated heterocycles. The lowest BCUT2D eigenvalue weighted by atomic mass is 10.1. The topological polar surface area (TPSA) is 92.2 Å². The van der Waals surface area contributed by atoms with E-state index in [9.17, 15) is 4.79 Å². The van der Waals surface area contributed by atoms with E-state index in [2.05, 4.69) is 15.8 Å². The molecular formula is C18H25N3O4S2. The third kappa shape index (κ3) is 7.36. The van der Waals surface area contributed by atoms with Crippen LogP contribution in [0.2, 0.25) is 0 Å². The Hall–Kier alpha value is -1.84. The van der Waals surface area contributed by atoms with Crippen molar-refractivity contribution in [3.63, 3.8) is 0 Å². The van der Waals surface area contributed by atoms with Crippen LogP contribution in [0.25, 0.3) is 0 Å². The van der Waals surface area contributed by atoms with Crippen LogP contribution in [0.5, 0.6) is 5.75 Å². The zero-order valence-electron chi connectivity index (χ0n) is 15.5. The summed E-state index contributed by atoms with van der Waals surface area (Å²) in [5, 5.41) is 16.7. The van der Waals surface area contributed by atoms with Gasteiger partial charge in [0.2, 0.25) is 0 Å². The van der Waals surface area contributed by atoms with Crippen LogP contribution in [-0.2, 0) is 15.3 Å². The Morgan fingerprint density at radius 3 is 3.00 bits per heavy atom. The van der Waals surface area contributed by atoms with Gasteiger partial charge in [-0.1, -0.05) is 0 Å². The summed E-state index contributed by atoms with van der Waals surface area (Å²) in [4.78, 5) is 10.7. The summed E-state index contributed by atoms with van der Waals surface area (Å²) in [6, 6.07) is 5.73. The molecule has 0 unspecified atom stereocenters. The van der Waals surface area contributed by atoms with Crippen molar-refractivity contribution in [3.05, 3.63) is 29.3 Å². The Morgan fingerprint density at radius 2 is 2.33 bits per heavy atom. The zero-order chi connectivity index (χ0) is 19.6. The third-order valence-corrected chi connectivity index (χ3v) is 5.22. The summed E-state index contributed by atoms with van der Waals surface area (Å²) < 4.78 is 10.9. The normalized spacial score (nSPS) is 16.8. The second kappa shape index (κ2) is 11.1. The Balaban J connectivity index is 1.92. The number of ether oxygens (including phenoxy) is 2. The maximum absolute atomic E-state index is 10.7. The van der Waals surface area contributed by atoms with Crippen molar-refractivity contribution >= 4 is 40.8 Å². The fourth-order valence-corrected chi connectivity index (χ4v) is 3.47. The van der Waals surface area contributed by atoms with Gasteiger partial charge in [0.25, 0.3) is 0 Å². The molecule has 0 saturated carbocycles. The van der Waals surface area contributed by atoms with Crippen LogP contribution >= 0.6 is 24.0 Å². The van der Waals surface area contributed by atoms with Crippen LogP contribution in [0.4, 0.5) is 0 Å². The number of nitrogens with zero attached hydrogens (tertiary/aromatic N) is 1. The quantitative estimate of drug-likeness (QED) is 0.324. The number of carboxylic acid groups (broad SMARTS) is 1. The maximum atomic E-state index is 10.7. The van der Waals surface area contributed by atoms with Gasteiger partial charge in [-0.3, -0.25) is 10.2 Å². The van der Waals surface area contributed by atoms with Crippen LogP contribution < -0.4 is 15.5 Å². The number of hydrazone groups is 1. The van der Waals surface area contributed by atoms with Gasteiger partial charge in [0.05, 0.1) is 24.7 Å². The summed E-state index contributed by atoms with van der Waals surface area (Å²) >= 11 is 6.56.